The highest BCUT2D eigenvalue weighted by Crippen LogP contribution is 2.24. The van der Waals surface area contributed by atoms with E-state index in [0.29, 0.717) is 23.9 Å². The number of carbonyl (C=O) groups is 1. The molecule has 3 heterocycles. The van der Waals surface area contributed by atoms with E-state index in [1.165, 1.54) is 18.4 Å². The third kappa shape index (κ3) is 6.70. The largest absolute Gasteiger partial charge is 0.338 e. The molecule has 0 bridgehead atoms. The second-order valence-electron chi connectivity index (χ2n) is 9.66. The Morgan fingerprint density at radius 3 is 2.52 bits per heavy atom. The number of rotatable bonds is 7. The Morgan fingerprint density at radius 2 is 1.82 bits per heavy atom. The molecule has 1 unspecified atom stereocenters. The summed E-state index contributed by atoms with van der Waals surface area (Å²) >= 11 is 0. The van der Waals surface area contributed by atoms with Crippen LogP contribution < -0.4 is 10.9 Å². The lowest BCUT2D eigenvalue weighted by Crippen LogP contribution is -2.42. The minimum Gasteiger partial charge on any atom is -0.338 e. The molecule has 2 fully saturated rings. The van der Waals surface area contributed by atoms with E-state index in [4.69, 9.17) is 0 Å². The Bertz CT molecular complexity index is 946. The number of halogens is 1. The van der Waals surface area contributed by atoms with Gasteiger partial charge in [-0.3, -0.25) is 9.59 Å². The first-order chi connectivity index (χ1) is 15.6. The number of nitrogens with zero attached hydrogens (tertiary/aromatic N) is 2. The molecule has 2 aliphatic heterocycles. The Labute approximate surface area is 204 Å². The van der Waals surface area contributed by atoms with Crippen LogP contribution in [0.1, 0.15) is 60.0 Å². The molecule has 1 atom stereocenters. The zero-order valence-electron chi connectivity index (χ0n) is 19.8. The van der Waals surface area contributed by atoms with E-state index in [0.717, 1.165) is 63.8 Å². The van der Waals surface area contributed by atoms with E-state index in [9.17, 15) is 9.59 Å². The van der Waals surface area contributed by atoms with Crippen molar-refractivity contribution in [2.45, 2.75) is 58.4 Å². The quantitative estimate of drug-likeness (QED) is 0.648. The summed E-state index contributed by atoms with van der Waals surface area (Å²) in [4.78, 5) is 28.4. The van der Waals surface area contributed by atoms with E-state index >= 15 is 0 Å². The summed E-state index contributed by atoms with van der Waals surface area (Å²) in [6.45, 7) is 6.10. The molecule has 6 heteroatoms. The van der Waals surface area contributed by atoms with Crippen LogP contribution in [0.25, 0.3) is 0 Å². The van der Waals surface area contributed by atoms with Gasteiger partial charge in [0.05, 0.1) is 0 Å². The zero-order chi connectivity index (χ0) is 22.3. The van der Waals surface area contributed by atoms with E-state index in [2.05, 4.69) is 35.6 Å². The minimum absolute atomic E-state index is 0. The number of benzene rings is 1. The number of hydrogen-bond donors (Lipinski definition) is 1. The summed E-state index contributed by atoms with van der Waals surface area (Å²) in [5.41, 5.74) is 2.45. The van der Waals surface area contributed by atoms with Gasteiger partial charge >= 0.3 is 0 Å². The standard InChI is InChI=1S/C27H37N3O2.ClH/c1-21-12-16-30(20-24-11-6-15-28-19-24)27(32)25(21)26(31)29-17-13-23(14-18-29)10-5-9-22-7-3-2-4-8-22;/h2-4,7-8,12,16,23-24,28H,5-6,9-11,13-15,17-20H2,1H3;1H. The second kappa shape index (κ2) is 12.4. The number of pyridine rings is 1. The van der Waals surface area contributed by atoms with E-state index in [-0.39, 0.29) is 23.9 Å². The van der Waals surface area contributed by atoms with E-state index in [1.807, 2.05) is 24.1 Å². The van der Waals surface area contributed by atoms with Crippen molar-refractivity contribution >= 4 is 18.3 Å². The van der Waals surface area contributed by atoms with Crippen LogP contribution in [0.4, 0.5) is 0 Å². The molecule has 1 aromatic carbocycles. The van der Waals surface area contributed by atoms with E-state index in [1.54, 1.807) is 4.57 Å². The fourth-order valence-electron chi connectivity index (χ4n) is 5.25. The number of carbonyl (C=O) groups excluding carboxylic acids is 1. The Morgan fingerprint density at radius 1 is 1.06 bits per heavy atom. The molecule has 180 valence electrons. The summed E-state index contributed by atoms with van der Waals surface area (Å²) < 4.78 is 1.76. The van der Waals surface area contributed by atoms with Gasteiger partial charge < -0.3 is 14.8 Å². The SMILES string of the molecule is Cc1ccn(CC2CCCNC2)c(=O)c1C(=O)N1CCC(CCCc2ccccc2)CC1.Cl. The van der Waals surface area contributed by atoms with Gasteiger partial charge in [-0.15, -0.1) is 12.4 Å². The molecule has 2 saturated heterocycles. The highest BCUT2D eigenvalue weighted by molar-refractivity contribution is 5.95. The number of aromatic nitrogens is 1. The van der Waals surface area contributed by atoms with Gasteiger partial charge in [-0.25, -0.2) is 0 Å². The van der Waals surface area contributed by atoms with Crippen molar-refractivity contribution in [1.82, 2.24) is 14.8 Å². The highest BCUT2D eigenvalue weighted by atomic mass is 35.5. The van der Waals surface area contributed by atoms with Gasteiger partial charge in [0.15, 0.2) is 0 Å². The lowest BCUT2D eigenvalue weighted by Gasteiger charge is -2.32. The third-order valence-electron chi connectivity index (χ3n) is 7.26. The van der Waals surface area contributed by atoms with Gasteiger partial charge in [-0.1, -0.05) is 30.3 Å². The molecule has 2 aliphatic rings. The predicted molar refractivity (Wildman–Crippen MR) is 136 cm³/mol. The summed E-state index contributed by atoms with van der Waals surface area (Å²) in [5, 5.41) is 3.41. The molecule has 5 nitrogen and oxygen atoms in total. The van der Waals surface area contributed by atoms with Crippen LogP contribution >= 0.6 is 12.4 Å². The monoisotopic (exact) mass is 471 g/mol. The van der Waals surface area contributed by atoms with Gasteiger partial charge in [0.1, 0.15) is 5.56 Å². The van der Waals surface area contributed by atoms with Crippen LogP contribution in [0, 0.1) is 18.8 Å². The Hall–Kier alpha value is -2.11. The molecule has 1 aromatic heterocycles. The number of piperidine rings is 2. The van der Waals surface area contributed by atoms with Crippen LogP contribution in [0.15, 0.2) is 47.4 Å². The van der Waals surface area contributed by atoms with Gasteiger partial charge in [0.2, 0.25) is 0 Å². The molecule has 33 heavy (non-hydrogen) atoms. The Kier molecular flexibility index (Phi) is 9.57. The molecular formula is C27H38ClN3O2. The van der Waals surface area contributed by atoms with Crippen LogP contribution in [0.3, 0.4) is 0 Å². The molecule has 2 aromatic rings. The smallest absolute Gasteiger partial charge is 0.263 e. The number of nitrogens with one attached hydrogen (secondary N) is 1. The van der Waals surface area contributed by atoms with Gasteiger partial charge in [-0.2, -0.15) is 0 Å². The minimum atomic E-state index is -0.120. The first-order valence-electron chi connectivity index (χ1n) is 12.4. The van der Waals surface area contributed by atoms with Crippen molar-refractivity contribution < 1.29 is 4.79 Å². The first kappa shape index (κ1) is 25.5. The van der Waals surface area contributed by atoms with Gasteiger partial charge in [0, 0.05) is 25.8 Å². The fraction of sp³-hybridized carbons (Fsp3) is 0.556. The molecule has 1 amide bonds. The second-order valence-corrected chi connectivity index (χ2v) is 9.66. The first-order valence-corrected chi connectivity index (χ1v) is 12.4. The number of aryl methyl sites for hydroxylation is 2. The average Bonchev–Trinajstić information content (AvgIpc) is 2.83. The number of amides is 1. The van der Waals surface area contributed by atoms with Gasteiger partial charge in [-0.05, 0) is 94.0 Å². The Balaban J connectivity index is 0.00000306. The summed E-state index contributed by atoms with van der Waals surface area (Å²) in [7, 11) is 0. The third-order valence-corrected chi connectivity index (χ3v) is 7.26. The molecule has 0 radical (unpaired) electrons. The van der Waals surface area contributed by atoms with Crippen LogP contribution in [-0.4, -0.2) is 41.6 Å². The number of likely N-dealkylation sites (tertiary alicyclic amines) is 1. The van der Waals surface area contributed by atoms with Crippen molar-refractivity contribution in [3.05, 3.63) is 69.6 Å². The summed E-state index contributed by atoms with van der Waals surface area (Å²) in [6.07, 6.45) is 9.75. The van der Waals surface area contributed by atoms with Crippen LogP contribution in [0.2, 0.25) is 0 Å². The van der Waals surface area contributed by atoms with E-state index < -0.39 is 0 Å². The lowest BCUT2D eigenvalue weighted by atomic mass is 9.90. The molecule has 1 N–H and O–H groups in total. The topological polar surface area (TPSA) is 54.3 Å². The van der Waals surface area contributed by atoms with Crippen LogP contribution in [0.5, 0.6) is 0 Å². The van der Waals surface area contributed by atoms with Crippen molar-refractivity contribution in [1.29, 1.82) is 0 Å². The maximum absolute atomic E-state index is 13.3. The molecule has 0 spiro atoms. The molecular weight excluding hydrogens is 434 g/mol. The molecule has 0 aliphatic carbocycles. The van der Waals surface area contributed by atoms with Crippen molar-refractivity contribution in [3.63, 3.8) is 0 Å². The summed E-state index contributed by atoms with van der Waals surface area (Å²) in [6, 6.07) is 12.6. The fourth-order valence-corrected chi connectivity index (χ4v) is 5.25. The average molecular weight is 472 g/mol. The highest BCUT2D eigenvalue weighted by Gasteiger charge is 2.27. The van der Waals surface area contributed by atoms with Crippen LogP contribution in [-0.2, 0) is 13.0 Å². The molecule has 0 saturated carbocycles. The molecule has 4 rings (SSSR count). The normalized spacial score (nSPS) is 19.2. The van der Waals surface area contributed by atoms with Crippen molar-refractivity contribution in [2.24, 2.45) is 11.8 Å². The summed E-state index contributed by atoms with van der Waals surface area (Å²) in [5.74, 6) is 1.06. The zero-order valence-corrected chi connectivity index (χ0v) is 20.6. The lowest BCUT2D eigenvalue weighted by molar-refractivity contribution is 0.0682. The number of hydrogen-bond acceptors (Lipinski definition) is 3. The van der Waals surface area contributed by atoms with Crippen molar-refractivity contribution in [3.8, 4) is 0 Å². The maximum atomic E-state index is 13.3. The van der Waals surface area contributed by atoms with Crippen molar-refractivity contribution in [2.75, 3.05) is 26.2 Å². The van der Waals surface area contributed by atoms with Gasteiger partial charge in [0.25, 0.3) is 11.5 Å². The predicted octanol–water partition coefficient (Wildman–Crippen LogP) is 4.45. The maximum Gasteiger partial charge on any atom is 0.263 e.